The number of hydrogen-bond donors (Lipinski definition) is 1. The van der Waals surface area contributed by atoms with E-state index in [4.69, 9.17) is 13.3 Å². The third-order valence-corrected chi connectivity index (χ3v) is 28.3. The number of ketones is 1. The molecule has 0 fully saturated rings. The lowest BCUT2D eigenvalue weighted by Crippen LogP contribution is -2.55. The van der Waals surface area contributed by atoms with Gasteiger partial charge in [0, 0.05) is 16.0 Å². The molecule has 0 aliphatic carbocycles. The van der Waals surface area contributed by atoms with Gasteiger partial charge in [0.15, 0.2) is 25.0 Å². The molecule has 0 radical (unpaired) electrons. The quantitative estimate of drug-likeness (QED) is 0.0937. The molecule has 58 heavy (non-hydrogen) atoms. The fourth-order valence-electron chi connectivity index (χ4n) is 6.70. The summed E-state index contributed by atoms with van der Waals surface area (Å²) in [6.45, 7) is 45.8. The van der Waals surface area contributed by atoms with E-state index in [1.807, 2.05) is 19.9 Å². The molecule has 0 saturated heterocycles. The SMILES string of the molecule is C=CC[C@@H](C(=O)C(C)(C)[C@H](CC(=O)O)O[Si](C)(C)C(C)(C)C)C(O[Si](C)(C)C(C)(C)C)[C@@H](C)CCC/C(C)=C\C[C@H](O[Si](C)(C)C(C)(C)C)c1ccc2sccc2c1. The van der Waals surface area contributed by atoms with Crippen LogP contribution in [0.25, 0.3) is 10.1 Å². The first kappa shape index (κ1) is 52.5. The van der Waals surface area contributed by atoms with Crippen LogP contribution in [0, 0.1) is 17.3 Å². The summed E-state index contributed by atoms with van der Waals surface area (Å²) in [4.78, 5) is 27.4. The van der Waals surface area contributed by atoms with Crippen molar-refractivity contribution in [3.8, 4) is 0 Å². The number of rotatable bonds is 22. The van der Waals surface area contributed by atoms with Gasteiger partial charge in [0.05, 0.1) is 24.7 Å². The van der Waals surface area contributed by atoms with Crippen LogP contribution >= 0.6 is 11.3 Å². The van der Waals surface area contributed by atoms with Gasteiger partial charge in [-0.25, -0.2) is 0 Å². The summed E-state index contributed by atoms with van der Waals surface area (Å²) in [5, 5.41) is 13.4. The van der Waals surface area contributed by atoms with E-state index < -0.39 is 48.4 Å². The van der Waals surface area contributed by atoms with Crippen molar-refractivity contribution < 1.29 is 28.0 Å². The van der Waals surface area contributed by atoms with E-state index in [1.54, 1.807) is 11.3 Å². The number of thiophene rings is 1. The van der Waals surface area contributed by atoms with Crippen LogP contribution in [0.2, 0.25) is 54.4 Å². The standard InChI is InChI=1S/C48H84O6SSi3/c1-21-23-38(44(51)48(13,14)41(33-42(49)50)53-57(17,18)46(7,8)9)43(54-58(19,20)47(10,11)12)35(3)25-22-24-34(2)26-28-39(52-56(15,16)45(4,5)6)36-27-29-40-37(32-36)30-31-55-40/h21,26-27,29-32,35,38-39,41,43H,1,22-25,28,33H2,2-20H3,(H,49,50)/b34-26-/t35-,38+,39-,41-,43?/m0/s1. The Kier molecular flexibility index (Phi) is 18.1. The van der Waals surface area contributed by atoms with E-state index in [0.717, 1.165) is 25.7 Å². The minimum atomic E-state index is -2.42. The number of carbonyl (C=O) groups is 2. The topological polar surface area (TPSA) is 82.1 Å². The third-order valence-electron chi connectivity index (χ3n) is 14.0. The molecule has 1 N–H and O–H groups in total. The molecule has 2 aromatic rings. The molecule has 0 aliphatic heterocycles. The molecule has 1 heterocycles. The van der Waals surface area contributed by atoms with Crippen LogP contribution in [0.5, 0.6) is 0 Å². The third kappa shape index (κ3) is 13.9. The van der Waals surface area contributed by atoms with Crippen LogP contribution in [-0.4, -0.2) is 54.0 Å². The molecule has 1 unspecified atom stereocenters. The van der Waals surface area contributed by atoms with E-state index in [-0.39, 0.29) is 45.4 Å². The van der Waals surface area contributed by atoms with Crippen LogP contribution in [0.4, 0.5) is 0 Å². The molecule has 2 rings (SSSR count). The Morgan fingerprint density at radius 3 is 1.86 bits per heavy atom. The Morgan fingerprint density at radius 2 is 1.34 bits per heavy atom. The molecular formula is C48H84O6SSi3. The number of Topliss-reactive ketones (excluding diaryl/α,β-unsaturated/α-hetero) is 1. The molecule has 0 bridgehead atoms. The predicted octanol–water partition coefficient (Wildman–Crippen LogP) is 15.2. The summed E-state index contributed by atoms with van der Waals surface area (Å²) in [5.74, 6) is -1.37. The van der Waals surface area contributed by atoms with Crippen molar-refractivity contribution in [3.63, 3.8) is 0 Å². The molecule has 330 valence electrons. The zero-order valence-electron chi connectivity index (χ0n) is 40.3. The first-order valence-corrected chi connectivity index (χ1v) is 31.3. The molecule has 1 aromatic carbocycles. The zero-order valence-corrected chi connectivity index (χ0v) is 44.1. The van der Waals surface area contributed by atoms with Crippen molar-refractivity contribution in [2.75, 3.05) is 0 Å². The summed E-state index contributed by atoms with van der Waals surface area (Å²) < 4.78 is 22.5. The van der Waals surface area contributed by atoms with Crippen molar-refractivity contribution in [2.24, 2.45) is 17.3 Å². The minimum Gasteiger partial charge on any atom is -0.481 e. The van der Waals surface area contributed by atoms with Gasteiger partial charge in [0.2, 0.25) is 0 Å². The maximum atomic E-state index is 15.1. The van der Waals surface area contributed by atoms with E-state index >= 15 is 4.79 Å². The normalized spacial score (nSPS) is 16.8. The van der Waals surface area contributed by atoms with Gasteiger partial charge in [0.1, 0.15) is 5.78 Å². The van der Waals surface area contributed by atoms with E-state index in [0.29, 0.717) is 6.42 Å². The summed E-state index contributed by atoms with van der Waals surface area (Å²) in [5.41, 5.74) is 1.51. The highest BCUT2D eigenvalue weighted by molar-refractivity contribution is 7.17. The Balaban J connectivity index is 2.44. The number of carbonyl (C=O) groups excluding carboxylic acids is 1. The molecule has 5 atom stereocenters. The summed E-state index contributed by atoms with van der Waals surface area (Å²) in [7, 11) is -6.80. The highest BCUT2D eigenvalue weighted by atomic mass is 32.1. The predicted molar refractivity (Wildman–Crippen MR) is 258 cm³/mol. The van der Waals surface area contributed by atoms with Gasteiger partial charge in [-0.2, -0.15) is 0 Å². The second-order valence-electron chi connectivity index (χ2n) is 22.3. The summed E-state index contributed by atoms with van der Waals surface area (Å²) >= 11 is 1.77. The first-order valence-electron chi connectivity index (χ1n) is 21.7. The molecule has 0 saturated carbocycles. The number of allylic oxidation sites excluding steroid dienone is 2. The van der Waals surface area contributed by atoms with Crippen LogP contribution in [0.3, 0.4) is 0 Å². The smallest absolute Gasteiger partial charge is 0.305 e. The average molecular weight is 874 g/mol. The van der Waals surface area contributed by atoms with Gasteiger partial charge in [-0.05, 0) is 134 Å². The van der Waals surface area contributed by atoms with Gasteiger partial charge < -0.3 is 18.4 Å². The number of aliphatic carboxylic acids is 1. The number of hydrogen-bond acceptors (Lipinski definition) is 6. The average Bonchev–Trinajstić information content (AvgIpc) is 3.54. The molecule has 6 nitrogen and oxygen atoms in total. The number of carboxylic acid groups (broad SMARTS) is 1. The summed E-state index contributed by atoms with van der Waals surface area (Å²) in [6, 6.07) is 8.98. The second kappa shape index (κ2) is 20.0. The molecule has 10 heteroatoms. The van der Waals surface area contributed by atoms with E-state index in [9.17, 15) is 9.90 Å². The molecule has 0 spiro atoms. The lowest BCUT2D eigenvalue weighted by Gasteiger charge is -2.47. The Hall–Kier alpha value is -1.67. The van der Waals surface area contributed by atoms with E-state index in [1.165, 1.54) is 21.2 Å². The first-order chi connectivity index (χ1) is 26.2. The van der Waals surface area contributed by atoms with Crippen LogP contribution in [-0.2, 0) is 22.9 Å². The number of fused-ring (bicyclic) bond motifs is 1. The highest BCUT2D eigenvalue weighted by Gasteiger charge is 2.50. The summed E-state index contributed by atoms with van der Waals surface area (Å²) in [6.07, 6.45) is 6.93. The highest BCUT2D eigenvalue weighted by Crippen LogP contribution is 2.45. The van der Waals surface area contributed by atoms with Gasteiger partial charge in [-0.3, -0.25) is 9.59 Å². The molecular weight excluding hydrogens is 789 g/mol. The van der Waals surface area contributed by atoms with Crippen LogP contribution in [0.1, 0.15) is 140 Å². The number of benzene rings is 1. The van der Waals surface area contributed by atoms with Gasteiger partial charge in [-0.1, -0.05) is 107 Å². The van der Waals surface area contributed by atoms with Gasteiger partial charge in [0.25, 0.3) is 0 Å². The fraction of sp³-hybridized carbons (Fsp3) is 0.708. The molecule has 1 aromatic heterocycles. The van der Waals surface area contributed by atoms with Crippen molar-refractivity contribution in [1.82, 2.24) is 0 Å². The Labute approximate surface area is 362 Å². The van der Waals surface area contributed by atoms with Crippen molar-refractivity contribution >= 4 is 58.1 Å². The molecule has 0 aliphatic rings. The monoisotopic (exact) mass is 873 g/mol. The lowest BCUT2D eigenvalue weighted by atomic mass is 9.71. The van der Waals surface area contributed by atoms with Crippen LogP contribution in [0.15, 0.2) is 53.9 Å². The maximum Gasteiger partial charge on any atom is 0.305 e. The van der Waals surface area contributed by atoms with Crippen molar-refractivity contribution in [1.29, 1.82) is 0 Å². The van der Waals surface area contributed by atoms with E-state index in [2.05, 4.69) is 158 Å². The maximum absolute atomic E-state index is 15.1. The fourth-order valence-corrected chi connectivity index (χ4v) is 11.6. The van der Waals surface area contributed by atoms with Crippen LogP contribution < -0.4 is 0 Å². The van der Waals surface area contributed by atoms with Crippen molar-refractivity contribution in [3.05, 3.63) is 59.5 Å². The Bertz CT molecular complexity index is 1700. The zero-order chi connectivity index (χ0) is 44.9. The largest absolute Gasteiger partial charge is 0.481 e. The van der Waals surface area contributed by atoms with Gasteiger partial charge >= 0.3 is 5.97 Å². The Morgan fingerprint density at radius 1 is 0.810 bits per heavy atom. The second-order valence-corrected chi connectivity index (χ2v) is 37.5. The minimum absolute atomic E-state index is 0.00240. The van der Waals surface area contributed by atoms with Crippen molar-refractivity contribution in [2.45, 2.75) is 201 Å². The van der Waals surface area contributed by atoms with Gasteiger partial charge in [-0.15, -0.1) is 17.9 Å². The molecule has 0 amide bonds. The lowest BCUT2D eigenvalue weighted by molar-refractivity contribution is -0.146. The number of carboxylic acids is 1.